The summed E-state index contributed by atoms with van der Waals surface area (Å²) in [5, 5.41) is 7.60. The van der Waals surface area contributed by atoms with E-state index in [2.05, 4.69) is 19.4 Å². The fraction of sp³-hybridized carbons (Fsp3) is 0. The maximum absolute atomic E-state index is 9.25. The van der Waals surface area contributed by atoms with E-state index in [1.54, 1.807) is 0 Å². The first-order chi connectivity index (χ1) is 4.68. The first-order valence-electron chi connectivity index (χ1n) is 1.87. The lowest BCUT2D eigenvalue weighted by atomic mass is 10.7. The number of carbonyl (C=O) groups excluding carboxylic acids is 2. The van der Waals surface area contributed by atoms with Gasteiger partial charge < -0.3 is 5.11 Å². The van der Waals surface area contributed by atoms with Gasteiger partial charge in [0.1, 0.15) is 0 Å². The summed E-state index contributed by atoms with van der Waals surface area (Å²) < 4.78 is 0. The summed E-state index contributed by atoms with van der Waals surface area (Å²) in [4.78, 5) is 25.5. The molecular formula is C6H6O4. The third-order valence-electron chi connectivity index (χ3n) is 0.175. The molecule has 0 fully saturated rings. The maximum Gasteiger partial charge on any atom is 0.373 e. The summed E-state index contributed by atoms with van der Waals surface area (Å²) >= 11 is 0. The van der Waals surface area contributed by atoms with Gasteiger partial charge in [0.05, 0.1) is 0 Å². The largest absolute Gasteiger partial charge is 0.478 e. The molecule has 0 aliphatic rings. The Hall–Kier alpha value is -1.85. The summed E-state index contributed by atoms with van der Waals surface area (Å²) in [5.41, 5.74) is 0. The van der Waals surface area contributed by atoms with E-state index in [0.29, 0.717) is 0 Å². The first-order valence-corrected chi connectivity index (χ1v) is 1.87. The van der Waals surface area contributed by atoms with Gasteiger partial charge >= 0.3 is 12.1 Å². The lowest BCUT2D eigenvalue weighted by Crippen LogP contribution is -1.82. The van der Waals surface area contributed by atoms with Crippen LogP contribution >= 0.6 is 0 Å². The van der Waals surface area contributed by atoms with Crippen molar-refractivity contribution >= 4 is 12.1 Å². The highest BCUT2D eigenvalue weighted by atomic mass is 16.4. The zero-order valence-electron chi connectivity index (χ0n) is 5.11. The Labute approximate surface area is 58.2 Å². The molecule has 0 heterocycles. The predicted octanol–water partition coefficient (Wildman–Crippen LogP) is -0.0771. The van der Waals surface area contributed by atoms with E-state index >= 15 is 0 Å². The van der Waals surface area contributed by atoms with Crippen molar-refractivity contribution in [3.63, 3.8) is 0 Å². The third kappa shape index (κ3) is 7250. The Bertz CT molecular complexity index is 139. The minimum atomic E-state index is -0.981. The van der Waals surface area contributed by atoms with Gasteiger partial charge in [-0.3, -0.25) is 0 Å². The topological polar surface area (TPSA) is 71.4 Å². The zero-order chi connectivity index (χ0) is 8.99. The zero-order valence-corrected chi connectivity index (χ0v) is 5.11. The van der Waals surface area contributed by atoms with Crippen molar-refractivity contribution < 1.29 is 19.5 Å². The monoisotopic (exact) mass is 142 g/mol. The average molecular weight is 142 g/mol. The highest BCUT2D eigenvalue weighted by molar-refractivity contribution is 5.78. The summed E-state index contributed by atoms with van der Waals surface area (Å²) in [7, 11) is 0. The van der Waals surface area contributed by atoms with Gasteiger partial charge in [0.15, 0.2) is 0 Å². The quantitative estimate of drug-likeness (QED) is 0.410. The number of hydrogen-bond acceptors (Lipinski definition) is 3. The Balaban J connectivity index is -0.0000000847. The molecule has 0 rings (SSSR count). The Kier molecular flexibility index (Phi) is 42.8. The van der Waals surface area contributed by atoms with Crippen molar-refractivity contribution in [3.8, 4) is 12.8 Å². The molecule has 4 heteroatoms. The van der Waals surface area contributed by atoms with Crippen LogP contribution in [0.4, 0.5) is 0 Å². The maximum atomic E-state index is 9.25. The summed E-state index contributed by atoms with van der Waals surface area (Å²) in [6.07, 6.45) is 9.08. The second-order valence-electron chi connectivity index (χ2n) is 0.626. The fourth-order valence-corrected chi connectivity index (χ4v) is 0. The van der Waals surface area contributed by atoms with Gasteiger partial charge in [-0.2, -0.15) is 9.59 Å². The lowest BCUT2D eigenvalue weighted by molar-refractivity contribution is -0.191. The van der Waals surface area contributed by atoms with E-state index in [-0.39, 0.29) is 6.15 Å². The summed E-state index contributed by atoms with van der Waals surface area (Å²) in [6, 6.07) is 0. The van der Waals surface area contributed by atoms with E-state index in [1.807, 2.05) is 0 Å². The van der Waals surface area contributed by atoms with Gasteiger partial charge in [-0.15, -0.1) is 12.8 Å². The van der Waals surface area contributed by atoms with E-state index in [0.717, 1.165) is 6.08 Å². The molecule has 0 radical (unpaired) electrons. The molecule has 54 valence electrons. The van der Waals surface area contributed by atoms with E-state index < -0.39 is 5.97 Å². The van der Waals surface area contributed by atoms with Gasteiger partial charge in [0.25, 0.3) is 0 Å². The molecule has 10 heavy (non-hydrogen) atoms. The van der Waals surface area contributed by atoms with Gasteiger partial charge in [-0.25, -0.2) is 4.79 Å². The van der Waals surface area contributed by atoms with E-state index in [1.165, 1.54) is 0 Å². The van der Waals surface area contributed by atoms with Gasteiger partial charge in [-0.1, -0.05) is 6.58 Å². The molecule has 0 atom stereocenters. The smallest absolute Gasteiger partial charge is 0.373 e. The number of carboxylic acids is 1. The molecule has 0 saturated carbocycles. The Morgan fingerprint density at radius 2 is 1.60 bits per heavy atom. The second-order valence-corrected chi connectivity index (χ2v) is 0.626. The van der Waals surface area contributed by atoms with Crippen molar-refractivity contribution in [1.29, 1.82) is 0 Å². The molecule has 4 nitrogen and oxygen atoms in total. The highest BCUT2D eigenvalue weighted by Crippen LogP contribution is 1.54. The third-order valence-corrected chi connectivity index (χ3v) is 0.175. The van der Waals surface area contributed by atoms with Gasteiger partial charge in [-0.05, 0) is 0 Å². The van der Waals surface area contributed by atoms with Crippen molar-refractivity contribution in [3.05, 3.63) is 12.7 Å². The normalized spacial score (nSPS) is 4.20. The van der Waals surface area contributed by atoms with Crippen LogP contribution in [0.25, 0.3) is 0 Å². The van der Waals surface area contributed by atoms with Gasteiger partial charge in [0, 0.05) is 6.08 Å². The number of terminal acetylenes is 1. The van der Waals surface area contributed by atoms with Crippen LogP contribution in [0.5, 0.6) is 0 Å². The van der Waals surface area contributed by atoms with Crippen molar-refractivity contribution in [2.75, 3.05) is 0 Å². The molecule has 0 saturated heterocycles. The minimum absolute atomic E-state index is 0.250. The number of carboxylic acid groups (broad SMARTS) is 1. The molecule has 0 amide bonds. The Morgan fingerprint density at radius 3 is 1.60 bits per heavy atom. The highest BCUT2D eigenvalue weighted by Gasteiger charge is 1.73. The molecule has 0 aromatic heterocycles. The van der Waals surface area contributed by atoms with Crippen molar-refractivity contribution in [2.24, 2.45) is 0 Å². The van der Waals surface area contributed by atoms with Crippen LogP contribution in [0.3, 0.4) is 0 Å². The molecule has 1 N–H and O–H groups in total. The SMILES string of the molecule is C#C.C=CC(=O)O.O=C=O. The molecule has 0 bridgehead atoms. The van der Waals surface area contributed by atoms with Crippen molar-refractivity contribution in [2.45, 2.75) is 0 Å². The van der Waals surface area contributed by atoms with Crippen LogP contribution in [0.1, 0.15) is 0 Å². The average Bonchev–Trinajstić information content (AvgIpc) is 1.94. The predicted molar refractivity (Wildman–Crippen MR) is 32.7 cm³/mol. The van der Waals surface area contributed by atoms with Crippen LogP contribution in [-0.4, -0.2) is 17.2 Å². The Morgan fingerprint density at radius 1 is 1.50 bits per heavy atom. The minimum Gasteiger partial charge on any atom is -0.478 e. The van der Waals surface area contributed by atoms with Crippen LogP contribution < -0.4 is 0 Å². The number of carbonyl (C=O) groups is 1. The van der Waals surface area contributed by atoms with Crippen LogP contribution in [0.15, 0.2) is 12.7 Å². The number of aliphatic carboxylic acids is 1. The first kappa shape index (κ1) is 15.7. The van der Waals surface area contributed by atoms with Gasteiger partial charge in [0.2, 0.25) is 0 Å². The second kappa shape index (κ2) is 27.3. The van der Waals surface area contributed by atoms with Crippen molar-refractivity contribution in [1.82, 2.24) is 0 Å². The molecule has 0 aromatic rings. The number of hydrogen-bond donors (Lipinski definition) is 1. The standard InChI is InChI=1S/C3H4O2.C2H2.CO2/c1-2-3(4)5;1-2;2-1-3/h2H,1H2,(H,4,5);1-2H;. The summed E-state index contributed by atoms with van der Waals surface area (Å²) in [6.45, 7) is 2.96. The molecule has 0 aliphatic carbocycles. The number of rotatable bonds is 1. The van der Waals surface area contributed by atoms with Crippen LogP contribution in [0.2, 0.25) is 0 Å². The van der Waals surface area contributed by atoms with Crippen LogP contribution in [-0.2, 0) is 14.4 Å². The molecule has 0 aromatic carbocycles. The summed E-state index contributed by atoms with van der Waals surface area (Å²) in [5.74, 6) is -0.981. The van der Waals surface area contributed by atoms with E-state index in [4.69, 9.17) is 14.7 Å². The molecule has 0 spiro atoms. The van der Waals surface area contributed by atoms with Crippen LogP contribution in [0, 0.1) is 12.8 Å². The fourth-order valence-electron chi connectivity index (χ4n) is 0. The lowest BCUT2D eigenvalue weighted by Gasteiger charge is -1.64. The molecule has 0 aliphatic heterocycles. The molecule has 0 unspecified atom stereocenters. The molecular weight excluding hydrogens is 136 g/mol. The van der Waals surface area contributed by atoms with E-state index in [9.17, 15) is 4.79 Å².